The number of aryl methyl sites for hydroxylation is 1. The maximum absolute atomic E-state index is 14.6. The van der Waals surface area contributed by atoms with Gasteiger partial charge in [0.25, 0.3) is 11.8 Å². The summed E-state index contributed by atoms with van der Waals surface area (Å²) < 4.78 is 44.8. The first-order valence-electron chi connectivity index (χ1n) is 9.42. The topological polar surface area (TPSA) is 105 Å². The van der Waals surface area contributed by atoms with Gasteiger partial charge in [-0.05, 0) is 30.7 Å². The van der Waals surface area contributed by atoms with Crippen molar-refractivity contribution in [2.45, 2.75) is 13.3 Å². The summed E-state index contributed by atoms with van der Waals surface area (Å²) in [5.41, 5.74) is 4.05. The van der Waals surface area contributed by atoms with Crippen molar-refractivity contribution in [2.24, 2.45) is 0 Å². The van der Waals surface area contributed by atoms with Crippen LogP contribution in [-0.4, -0.2) is 30.1 Å². The van der Waals surface area contributed by atoms with Crippen LogP contribution in [0.3, 0.4) is 0 Å². The fourth-order valence-electron chi connectivity index (χ4n) is 3.24. The lowest BCUT2D eigenvalue weighted by Crippen LogP contribution is -1.98. The number of benzene rings is 2. The molecule has 0 aliphatic heterocycles. The number of fused-ring (bicyclic) bond motifs is 1. The minimum atomic E-state index is -2.86. The van der Waals surface area contributed by atoms with Crippen molar-refractivity contribution in [3.05, 3.63) is 66.3 Å². The molecule has 0 saturated carbocycles. The number of H-pyrrole nitrogens is 1. The number of rotatable bonds is 5. The molecule has 32 heavy (non-hydrogen) atoms. The zero-order valence-corrected chi connectivity index (χ0v) is 16.5. The molecular formula is C21H14F3N7O. The van der Waals surface area contributed by atoms with Gasteiger partial charge in [0.2, 0.25) is 5.95 Å². The van der Waals surface area contributed by atoms with Crippen molar-refractivity contribution < 1.29 is 17.6 Å². The molecule has 2 N–H and O–H groups in total. The average Bonchev–Trinajstić information content (AvgIpc) is 3.44. The molecule has 2 aromatic carbocycles. The second kappa shape index (κ2) is 7.76. The van der Waals surface area contributed by atoms with Gasteiger partial charge in [0, 0.05) is 29.2 Å². The lowest BCUT2D eigenvalue weighted by atomic mass is 10.0. The van der Waals surface area contributed by atoms with E-state index in [1.165, 1.54) is 24.8 Å². The van der Waals surface area contributed by atoms with Crippen LogP contribution in [0.1, 0.15) is 17.9 Å². The third-order valence-corrected chi connectivity index (χ3v) is 4.72. The third kappa shape index (κ3) is 3.64. The van der Waals surface area contributed by atoms with E-state index in [-0.39, 0.29) is 17.7 Å². The minimum absolute atomic E-state index is 0.108. The van der Waals surface area contributed by atoms with Gasteiger partial charge in [0.1, 0.15) is 5.82 Å². The SMILES string of the molecule is Cc1ccc(-c2cc(Nc3ncc(-c4nnc(C(F)F)o4)cn3)cc3[nH]cnc23)c(F)c1. The van der Waals surface area contributed by atoms with Crippen LogP contribution < -0.4 is 5.32 Å². The number of imidazole rings is 1. The number of hydrogen-bond acceptors (Lipinski definition) is 7. The van der Waals surface area contributed by atoms with Gasteiger partial charge in [0.05, 0.1) is 22.9 Å². The van der Waals surface area contributed by atoms with Crippen LogP contribution in [-0.2, 0) is 0 Å². The predicted molar refractivity (Wildman–Crippen MR) is 110 cm³/mol. The number of aromatic nitrogens is 6. The molecule has 0 fully saturated rings. The summed E-state index contributed by atoms with van der Waals surface area (Å²) in [5.74, 6) is -1.000. The first kappa shape index (κ1) is 19.7. The molecule has 160 valence electrons. The Labute approximate surface area is 178 Å². The number of aromatic amines is 1. The van der Waals surface area contributed by atoms with Gasteiger partial charge in [-0.15, -0.1) is 10.2 Å². The number of nitrogens with one attached hydrogen (secondary N) is 2. The highest BCUT2D eigenvalue weighted by molar-refractivity contribution is 5.95. The third-order valence-electron chi connectivity index (χ3n) is 4.72. The summed E-state index contributed by atoms with van der Waals surface area (Å²) in [4.78, 5) is 15.7. The van der Waals surface area contributed by atoms with Gasteiger partial charge in [-0.2, -0.15) is 8.78 Å². The molecule has 5 rings (SSSR count). The van der Waals surface area contributed by atoms with Crippen LogP contribution in [0.25, 0.3) is 33.6 Å². The van der Waals surface area contributed by atoms with E-state index in [4.69, 9.17) is 4.42 Å². The molecule has 3 heterocycles. The van der Waals surface area contributed by atoms with Gasteiger partial charge in [-0.1, -0.05) is 12.1 Å². The molecule has 0 aliphatic carbocycles. The number of anilines is 2. The Bertz CT molecular complexity index is 1410. The van der Waals surface area contributed by atoms with Crippen molar-refractivity contribution in [1.29, 1.82) is 0 Å². The monoisotopic (exact) mass is 437 g/mol. The summed E-state index contributed by atoms with van der Waals surface area (Å²) in [6.45, 7) is 1.82. The van der Waals surface area contributed by atoms with Gasteiger partial charge < -0.3 is 14.7 Å². The lowest BCUT2D eigenvalue weighted by Gasteiger charge is -2.10. The van der Waals surface area contributed by atoms with E-state index < -0.39 is 12.3 Å². The zero-order chi connectivity index (χ0) is 22.2. The molecule has 0 radical (unpaired) electrons. The Hall–Kier alpha value is -4.28. The van der Waals surface area contributed by atoms with Crippen LogP contribution >= 0.6 is 0 Å². The molecule has 0 atom stereocenters. The largest absolute Gasteiger partial charge is 0.415 e. The second-order valence-corrected chi connectivity index (χ2v) is 6.97. The fraction of sp³-hybridized carbons (Fsp3) is 0.0952. The van der Waals surface area contributed by atoms with E-state index in [0.717, 1.165) is 5.56 Å². The maximum Gasteiger partial charge on any atom is 0.314 e. The normalized spacial score (nSPS) is 11.4. The molecule has 0 bridgehead atoms. The Balaban J connectivity index is 1.46. The summed E-state index contributed by atoms with van der Waals surface area (Å²) >= 11 is 0. The van der Waals surface area contributed by atoms with Crippen molar-refractivity contribution in [3.8, 4) is 22.6 Å². The summed E-state index contributed by atoms with van der Waals surface area (Å²) in [5, 5.41) is 9.89. The van der Waals surface area contributed by atoms with Crippen LogP contribution in [0.5, 0.6) is 0 Å². The smallest absolute Gasteiger partial charge is 0.314 e. The van der Waals surface area contributed by atoms with Crippen molar-refractivity contribution >= 4 is 22.7 Å². The summed E-state index contributed by atoms with van der Waals surface area (Å²) in [6, 6.07) is 8.55. The van der Waals surface area contributed by atoms with E-state index in [9.17, 15) is 13.2 Å². The molecule has 11 heteroatoms. The number of hydrogen-bond donors (Lipinski definition) is 2. The van der Waals surface area contributed by atoms with E-state index in [2.05, 4.69) is 35.5 Å². The van der Waals surface area contributed by atoms with Crippen LogP contribution in [0.15, 0.2) is 53.5 Å². The van der Waals surface area contributed by atoms with Gasteiger partial charge in [0.15, 0.2) is 0 Å². The van der Waals surface area contributed by atoms with Crippen molar-refractivity contribution in [2.75, 3.05) is 5.32 Å². The lowest BCUT2D eigenvalue weighted by molar-refractivity contribution is 0.116. The average molecular weight is 437 g/mol. The van der Waals surface area contributed by atoms with Gasteiger partial charge in [-0.25, -0.2) is 19.3 Å². The Morgan fingerprint density at radius 1 is 1.00 bits per heavy atom. The Morgan fingerprint density at radius 3 is 2.53 bits per heavy atom. The minimum Gasteiger partial charge on any atom is -0.415 e. The maximum atomic E-state index is 14.6. The second-order valence-electron chi connectivity index (χ2n) is 6.97. The molecule has 8 nitrogen and oxygen atoms in total. The molecule has 3 aromatic heterocycles. The van der Waals surface area contributed by atoms with Crippen molar-refractivity contribution in [1.82, 2.24) is 30.1 Å². The molecule has 0 amide bonds. The molecule has 0 saturated heterocycles. The Kier molecular flexibility index (Phi) is 4.77. The van der Waals surface area contributed by atoms with Gasteiger partial charge >= 0.3 is 6.43 Å². The van der Waals surface area contributed by atoms with E-state index in [1.807, 2.05) is 13.0 Å². The quantitative estimate of drug-likeness (QED) is 0.389. The molecule has 0 spiro atoms. The first-order chi connectivity index (χ1) is 15.5. The van der Waals surface area contributed by atoms with Gasteiger partial charge in [-0.3, -0.25) is 0 Å². The zero-order valence-electron chi connectivity index (χ0n) is 16.5. The predicted octanol–water partition coefficient (Wildman–Crippen LogP) is 5.20. The summed E-state index contributed by atoms with van der Waals surface area (Å²) in [7, 11) is 0. The molecular weight excluding hydrogens is 423 g/mol. The first-order valence-corrected chi connectivity index (χ1v) is 9.42. The summed E-state index contributed by atoms with van der Waals surface area (Å²) in [6.07, 6.45) is 1.41. The molecule has 0 unspecified atom stereocenters. The number of alkyl halides is 2. The molecule has 0 aliphatic rings. The van der Waals surface area contributed by atoms with E-state index in [1.54, 1.807) is 18.2 Å². The van der Waals surface area contributed by atoms with Crippen molar-refractivity contribution in [3.63, 3.8) is 0 Å². The highest BCUT2D eigenvalue weighted by Crippen LogP contribution is 2.33. The van der Waals surface area contributed by atoms with E-state index >= 15 is 0 Å². The van der Waals surface area contributed by atoms with Crippen LogP contribution in [0, 0.1) is 12.7 Å². The van der Waals surface area contributed by atoms with Crippen LogP contribution in [0.2, 0.25) is 0 Å². The highest BCUT2D eigenvalue weighted by atomic mass is 19.3. The highest BCUT2D eigenvalue weighted by Gasteiger charge is 2.18. The number of nitrogens with zero attached hydrogens (tertiary/aromatic N) is 5. The molecule has 5 aromatic rings. The van der Waals surface area contributed by atoms with E-state index in [0.29, 0.717) is 33.4 Å². The Morgan fingerprint density at radius 2 is 1.81 bits per heavy atom. The van der Waals surface area contributed by atoms with Crippen LogP contribution in [0.4, 0.5) is 24.8 Å². The number of halogens is 3. The fourth-order valence-corrected chi connectivity index (χ4v) is 3.24. The standard InChI is InChI=1S/C21H14F3N7O/c1-10-2-3-13(15(22)4-10)14-5-12(6-16-17(14)28-9-27-16)29-21-25-7-11(8-26-21)19-30-31-20(32-19)18(23)24/h2-9,18H,1H3,(H,27,28)(H,25,26,29).